The summed E-state index contributed by atoms with van der Waals surface area (Å²) in [4.78, 5) is 28.0. The first-order chi connectivity index (χ1) is 15.9. The Bertz CT molecular complexity index is 1100. The van der Waals surface area contributed by atoms with Crippen molar-refractivity contribution in [1.29, 1.82) is 0 Å². The molecule has 0 saturated heterocycles. The van der Waals surface area contributed by atoms with Crippen LogP contribution in [0.1, 0.15) is 22.3 Å². The molecule has 1 unspecified atom stereocenters. The van der Waals surface area contributed by atoms with Gasteiger partial charge in [0.05, 0.1) is 0 Å². The van der Waals surface area contributed by atoms with Crippen LogP contribution in [0.2, 0.25) is 0 Å². The van der Waals surface area contributed by atoms with E-state index in [0.29, 0.717) is 18.7 Å². The minimum absolute atomic E-state index is 0.158. The summed E-state index contributed by atoms with van der Waals surface area (Å²) in [5.41, 5.74) is 4.06. The van der Waals surface area contributed by atoms with E-state index in [0.717, 1.165) is 26.7 Å². The summed E-state index contributed by atoms with van der Waals surface area (Å²) in [5, 5.41) is 2.73. The van der Waals surface area contributed by atoms with Crippen molar-refractivity contribution < 1.29 is 14.3 Å². The van der Waals surface area contributed by atoms with Gasteiger partial charge in [0.2, 0.25) is 5.91 Å². The Morgan fingerprint density at radius 2 is 1.70 bits per heavy atom. The molecule has 3 aromatic carbocycles. The second kappa shape index (κ2) is 11.7. The topological polar surface area (TPSA) is 58.6 Å². The molecule has 0 heterocycles. The number of hydrogen-bond donors (Lipinski definition) is 1. The van der Waals surface area contributed by atoms with Crippen molar-refractivity contribution >= 4 is 27.7 Å². The van der Waals surface area contributed by atoms with Gasteiger partial charge in [0.15, 0.2) is 6.61 Å². The van der Waals surface area contributed by atoms with Crippen molar-refractivity contribution in [2.45, 2.75) is 32.9 Å². The van der Waals surface area contributed by atoms with Gasteiger partial charge in [-0.05, 0) is 48.7 Å². The molecule has 0 bridgehead atoms. The Balaban J connectivity index is 1.87. The molecule has 2 amide bonds. The Hall–Kier alpha value is -3.12. The first kappa shape index (κ1) is 24.5. The molecular formula is C27H29BrN2O3. The van der Waals surface area contributed by atoms with Gasteiger partial charge in [0.1, 0.15) is 11.8 Å². The second-order valence-electron chi connectivity index (χ2n) is 8.03. The highest BCUT2D eigenvalue weighted by Crippen LogP contribution is 2.22. The largest absolute Gasteiger partial charge is 0.484 e. The van der Waals surface area contributed by atoms with Gasteiger partial charge in [-0.2, -0.15) is 0 Å². The molecule has 0 fully saturated rings. The molecule has 1 N–H and O–H groups in total. The van der Waals surface area contributed by atoms with Gasteiger partial charge < -0.3 is 15.0 Å². The van der Waals surface area contributed by atoms with Gasteiger partial charge >= 0.3 is 0 Å². The van der Waals surface area contributed by atoms with Crippen LogP contribution in [0.4, 0.5) is 0 Å². The number of nitrogens with zero attached hydrogens (tertiary/aromatic N) is 1. The molecule has 3 aromatic rings. The number of amides is 2. The average molecular weight is 509 g/mol. The normalized spacial score (nSPS) is 11.5. The van der Waals surface area contributed by atoms with Crippen LogP contribution in [-0.4, -0.2) is 36.4 Å². The lowest BCUT2D eigenvalue weighted by Gasteiger charge is -2.31. The van der Waals surface area contributed by atoms with E-state index in [9.17, 15) is 9.59 Å². The van der Waals surface area contributed by atoms with Crippen LogP contribution < -0.4 is 10.1 Å². The molecule has 5 nitrogen and oxygen atoms in total. The molecule has 0 aromatic heterocycles. The second-order valence-corrected chi connectivity index (χ2v) is 8.88. The van der Waals surface area contributed by atoms with E-state index in [1.54, 1.807) is 11.9 Å². The number of rotatable bonds is 9. The van der Waals surface area contributed by atoms with Crippen LogP contribution in [0.15, 0.2) is 77.3 Å². The average Bonchev–Trinajstić information content (AvgIpc) is 2.82. The van der Waals surface area contributed by atoms with E-state index in [-0.39, 0.29) is 18.4 Å². The Morgan fingerprint density at radius 3 is 2.36 bits per heavy atom. The fraction of sp³-hybridized carbons (Fsp3) is 0.259. The molecule has 3 rings (SSSR count). The lowest BCUT2D eigenvalue weighted by atomic mass is 10.0. The number of carbonyl (C=O) groups is 2. The minimum atomic E-state index is -0.666. The van der Waals surface area contributed by atoms with Crippen LogP contribution >= 0.6 is 15.9 Å². The monoisotopic (exact) mass is 508 g/mol. The Morgan fingerprint density at radius 1 is 0.970 bits per heavy atom. The number of benzene rings is 3. The summed E-state index contributed by atoms with van der Waals surface area (Å²) in [6, 6.07) is 22.6. The lowest BCUT2D eigenvalue weighted by Crippen LogP contribution is -2.51. The highest BCUT2D eigenvalue weighted by Gasteiger charge is 2.30. The van der Waals surface area contributed by atoms with Crippen LogP contribution in [-0.2, 0) is 22.6 Å². The van der Waals surface area contributed by atoms with E-state index >= 15 is 0 Å². The SMILES string of the molecule is CNC(=O)C(Cc1ccccc1)N(Cc1cccc(C)c1)C(=O)COc1ccc(Br)c(C)c1. The van der Waals surface area contributed by atoms with Crippen LogP contribution in [0.3, 0.4) is 0 Å². The molecule has 6 heteroatoms. The summed E-state index contributed by atoms with van der Waals surface area (Å²) in [7, 11) is 1.59. The molecule has 0 aliphatic rings. The first-order valence-electron chi connectivity index (χ1n) is 10.9. The number of aryl methyl sites for hydroxylation is 2. The maximum Gasteiger partial charge on any atom is 0.261 e. The number of hydrogen-bond acceptors (Lipinski definition) is 3. The fourth-order valence-corrected chi connectivity index (χ4v) is 3.91. The Kier molecular flexibility index (Phi) is 8.66. The first-order valence-corrected chi connectivity index (χ1v) is 11.7. The summed E-state index contributed by atoms with van der Waals surface area (Å²) in [6.07, 6.45) is 0.412. The van der Waals surface area contributed by atoms with Crippen molar-refractivity contribution in [3.63, 3.8) is 0 Å². The quantitative estimate of drug-likeness (QED) is 0.450. The number of likely N-dealkylation sites (N-methyl/N-ethyl adjacent to an activating group) is 1. The van der Waals surface area contributed by atoms with E-state index in [1.165, 1.54) is 0 Å². The Labute approximate surface area is 203 Å². The third kappa shape index (κ3) is 6.93. The number of ether oxygens (including phenoxy) is 1. The van der Waals surface area contributed by atoms with E-state index in [4.69, 9.17) is 4.74 Å². The van der Waals surface area contributed by atoms with Crippen molar-refractivity contribution in [2.75, 3.05) is 13.7 Å². The van der Waals surface area contributed by atoms with Gasteiger partial charge in [0, 0.05) is 24.5 Å². The third-order valence-electron chi connectivity index (χ3n) is 5.44. The highest BCUT2D eigenvalue weighted by atomic mass is 79.9. The zero-order chi connectivity index (χ0) is 23.8. The van der Waals surface area contributed by atoms with Crippen molar-refractivity contribution in [3.05, 3.63) is 99.5 Å². The summed E-state index contributed by atoms with van der Waals surface area (Å²) in [5.74, 6) is 0.153. The van der Waals surface area contributed by atoms with Crippen molar-refractivity contribution in [1.82, 2.24) is 10.2 Å². The molecule has 0 spiro atoms. The minimum Gasteiger partial charge on any atom is -0.484 e. The zero-order valence-corrected chi connectivity index (χ0v) is 20.8. The van der Waals surface area contributed by atoms with E-state index < -0.39 is 6.04 Å². The van der Waals surface area contributed by atoms with Crippen LogP contribution in [0.5, 0.6) is 5.75 Å². The van der Waals surface area contributed by atoms with Crippen LogP contribution in [0.25, 0.3) is 0 Å². The van der Waals surface area contributed by atoms with Gasteiger partial charge in [-0.1, -0.05) is 76.1 Å². The number of carbonyl (C=O) groups excluding carboxylic acids is 2. The molecular weight excluding hydrogens is 480 g/mol. The summed E-state index contributed by atoms with van der Waals surface area (Å²) < 4.78 is 6.79. The third-order valence-corrected chi connectivity index (χ3v) is 6.33. The molecule has 0 aliphatic heterocycles. The van der Waals surface area contributed by atoms with Crippen molar-refractivity contribution in [2.24, 2.45) is 0 Å². The van der Waals surface area contributed by atoms with Gasteiger partial charge in [-0.25, -0.2) is 0 Å². The number of nitrogens with one attached hydrogen (secondary N) is 1. The fourth-order valence-electron chi connectivity index (χ4n) is 3.66. The highest BCUT2D eigenvalue weighted by molar-refractivity contribution is 9.10. The summed E-state index contributed by atoms with van der Waals surface area (Å²) >= 11 is 3.47. The smallest absolute Gasteiger partial charge is 0.261 e. The number of halogens is 1. The molecule has 0 radical (unpaired) electrons. The predicted molar refractivity (Wildman–Crippen MR) is 134 cm³/mol. The van der Waals surface area contributed by atoms with Gasteiger partial charge in [-0.15, -0.1) is 0 Å². The maximum absolute atomic E-state index is 13.4. The summed E-state index contributed by atoms with van der Waals surface area (Å²) in [6.45, 7) is 4.13. The van der Waals surface area contributed by atoms with E-state index in [1.807, 2.05) is 86.6 Å². The lowest BCUT2D eigenvalue weighted by molar-refractivity contribution is -0.142. The molecule has 1 atom stereocenters. The molecule has 33 heavy (non-hydrogen) atoms. The van der Waals surface area contributed by atoms with E-state index in [2.05, 4.69) is 21.2 Å². The van der Waals surface area contributed by atoms with Gasteiger partial charge in [0.25, 0.3) is 5.91 Å². The molecule has 172 valence electrons. The maximum atomic E-state index is 13.4. The predicted octanol–water partition coefficient (Wildman–Crippen LogP) is 4.83. The molecule has 0 aliphatic carbocycles. The zero-order valence-electron chi connectivity index (χ0n) is 19.2. The van der Waals surface area contributed by atoms with Crippen molar-refractivity contribution in [3.8, 4) is 5.75 Å². The molecule has 0 saturated carbocycles. The standard InChI is InChI=1S/C27H29BrN2O3/c1-19-8-7-11-22(14-19)17-30(25(27(32)29-3)16-21-9-5-4-6-10-21)26(31)18-33-23-12-13-24(28)20(2)15-23/h4-15,25H,16-18H2,1-3H3,(H,29,32). The van der Waals surface area contributed by atoms with Gasteiger partial charge in [-0.3, -0.25) is 9.59 Å². The van der Waals surface area contributed by atoms with Crippen LogP contribution in [0, 0.1) is 13.8 Å².